The molecule has 1 unspecified atom stereocenters. The molecule has 1 rings (SSSR count). The monoisotopic (exact) mass is 292 g/mol. The zero-order chi connectivity index (χ0) is 13.9. The largest absolute Gasteiger partial charge is 0.326 e. The molecule has 0 fully saturated rings. The van der Waals surface area contributed by atoms with Crippen LogP contribution in [0.1, 0.15) is 20.8 Å². The third kappa shape index (κ3) is 3.83. The first-order valence-electron chi connectivity index (χ1n) is 5.62. The van der Waals surface area contributed by atoms with Crippen molar-refractivity contribution in [2.45, 2.75) is 25.7 Å². The highest BCUT2D eigenvalue weighted by atomic mass is 35.5. The molecule has 0 saturated carbocycles. The summed E-state index contributed by atoms with van der Waals surface area (Å²) in [6.07, 6.45) is 1.14. The van der Waals surface area contributed by atoms with Crippen LogP contribution >= 0.6 is 11.6 Å². The van der Waals surface area contributed by atoms with E-state index >= 15 is 0 Å². The van der Waals surface area contributed by atoms with Crippen molar-refractivity contribution < 1.29 is 8.42 Å². The maximum absolute atomic E-state index is 11.9. The molecule has 0 amide bonds. The molecule has 5 nitrogen and oxygen atoms in total. The molecule has 0 bridgehead atoms. The van der Waals surface area contributed by atoms with Gasteiger partial charge in [-0.05, 0) is 17.9 Å². The van der Waals surface area contributed by atoms with E-state index in [-0.39, 0.29) is 15.8 Å². The van der Waals surface area contributed by atoms with E-state index in [0.717, 1.165) is 12.3 Å². The van der Waals surface area contributed by atoms with Gasteiger partial charge in [0.15, 0.2) is 0 Å². The average molecular weight is 293 g/mol. The van der Waals surface area contributed by atoms with Crippen molar-refractivity contribution in [1.82, 2.24) is 9.71 Å². The molecule has 2 N–H and O–H groups in total. The van der Waals surface area contributed by atoms with Gasteiger partial charge in [0, 0.05) is 12.7 Å². The van der Waals surface area contributed by atoms with Gasteiger partial charge in [0.05, 0.1) is 4.90 Å². The molecule has 7 heteroatoms. The van der Waals surface area contributed by atoms with E-state index in [1.54, 1.807) is 0 Å². The van der Waals surface area contributed by atoms with Gasteiger partial charge in [-0.25, -0.2) is 13.1 Å². The van der Waals surface area contributed by atoms with Crippen molar-refractivity contribution in [1.29, 1.82) is 0 Å². The Kier molecular flexibility index (Phi) is 4.95. The number of pyridine rings is 1. The number of nitrogens with one attached hydrogen (secondary N) is 2. The zero-order valence-corrected chi connectivity index (χ0v) is 12.1. The number of H-pyrrole nitrogens is 1. The molecule has 1 aromatic rings. The zero-order valence-electron chi connectivity index (χ0n) is 10.5. The Labute approximate surface area is 112 Å². The van der Waals surface area contributed by atoms with E-state index in [0.29, 0.717) is 12.5 Å². The molecule has 18 heavy (non-hydrogen) atoms. The second-order valence-corrected chi connectivity index (χ2v) is 6.76. The third-order valence-corrected chi connectivity index (χ3v) is 4.56. The number of rotatable bonds is 5. The summed E-state index contributed by atoms with van der Waals surface area (Å²) in [6, 6.07) is 1.14. The molecule has 102 valence electrons. The Morgan fingerprint density at radius 3 is 2.50 bits per heavy atom. The van der Waals surface area contributed by atoms with E-state index in [9.17, 15) is 13.2 Å². The normalized spacial score (nSPS) is 13.8. The highest BCUT2D eigenvalue weighted by Gasteiger charge is 2.17. The van der Waals surface area contributed by atoms with Gasteiger partial charge >= 0.3 is 0 Å². The summed E-state index contributed by atoms with van der Waals surface area (Å²) < 4.78 is 26.4. The van der Waals surface area contributed by atoms with Gasteiger partial charge in [-0.3, -0.25) is 4.79 Å². The maximum atomic E-state index is 11.9. The fourth-order valence-electron chi connectivity index (χ4n) is 1.15. The van der Waals surface area contributed by atoms with Crippen molar-refractivity contribution in [2.75, 3.05) is 6.54 Å². The second kappa shape index (κ2) is 5.86. The van der Waals surface area contributed by atoms with Crippen LogP contribution in [-0.4, -0.2) is 19.9 Å². The number of hydrogen-bond donors (Lipinski definition) is 2. The van der Waals surface area contributed by atoms with Gasteiger partial charge in [-0.1, -0.05) is 32.4 Å². The number of hydrogen-bond acceptors (Lipinski definition) is 3. The summed E-state index contributed by atoms with van der Waals surface area (Å²) in [4.78, 5) is 13.3. The average Bonchev–Trinajstić information content (AvgIpc) is 2.29. The minimum Gasteiger partial charge on any atom is -0.326 e. The van der Waals surface area contributed by atoms with Crippen molar-refractivity contribution in [2.24, 2.45) is 11.8 Å². The summed E-state index contributed by atoms with van der Waals surface area (Å²) in [5.74, 6) is 0.602. The molecular formula is C11H17ClN2O3S. The summed E-state index contributed by atoms with van der Waals surface area (Å²) in [5.41, 5.74) is -0.508. The first-order valence-corrected chi connectivity index (χ1v) is 7.48. The van der Waals surface area contributed by atoms with E-state index in [4.69, 9.17) is 11.6 Å². The SMILES string of the molecule is CC(C)C(C)CNS(=O)(=O)c1c[nH]c(=O)c(Cl)c1. The molecule has 0 spiro atoms. The smallest absolute Gasteiger partial charge is 0.266 e. The summed E-state index contributed by atoms with van der Waals surface area (Å²) in [6.45, 7) is 6.36. The second-order valence-electron chi connectivity index (χ2n) is 4.59. The number of aromatic nitrogens is 1. The maximum Gasteiger partial charge on any atom is 0.266 e. The van der Waals surface area contributed by atoms with E-state index < -0.39 is 15.6 Å². The van der Waals surface area contributed by atoms with Crippen LogP contribution in [0.15, 0.2) is 22.0 Å². The van der Waals surface area contributed by atoms with Crippen molar-refractivity contribution in [3.63, 3.8) is 0 Å². The molecule has 1 aromatic heterocycles. The Balaban J connectivity index is 2.87. The predicted molar refractivity (Wildman–Crippen MR) is 71.3 cm³/mol. The Hall–Kier alpha value is -0.850. The topological polar surface area (TPSA) is 79.0 Å². The molecule has 0 aliphatic heterocycles. The minimum atomic E-state index is -3.63. The van der Waals surface area contributed by atoms with Crippen LogP contribution < -0.4 is 10.3 Å². The van der Waals surface area contributed by atoms with Crippen LogP contribution in [0.5, 0.6) is 0 Å². The van der Waals surface area contributed by atoms with Gasteiger partial charge in [-0.2, -0.15) is 0 Å². The Bertz CT molecular complexity index is 566. The van der Waals surface area contributed by atoms with Gasteiger partial charge in [0.1, 0.15) is 5.02 Å². The standard InChI is InChI=1S/C11H17ClN2O3S/c1-7(2)8(3)5-14-18(16,17)9-4-10(12)11(15)13-6-9/h4,6-8,14H,5H2,1-3H3,(H,13,15). The quantitative estimate of drug-likeness (QED) is 0.865. The fraction of sp³-hybridized carbons (Fsp3) is 0.545. The van der Waals surface area contributed by atoms with Crippen molar-refractivity contribution in [3.8, 4) is 0 Å². The molecule has 0 saturated heterocycles. The Morgan fingerprint density at radius 1 is 1.39 bits per heavy atom. The lowest BCUT2D eigenvalue weighted by molar-refractivity contribution is 0.414. The van der Waals surface area contributed by atoms with E-state index in [2.05, 4.69) is 9.71 Å². The van der Waals surface area contributed by atoms with E-state index in [1.807, 2.05) is 20.8 Å². The Morgan fingerprint density at radius 2 is 2.00 bits per heavy atom. The summed E-state index contributed by atoms with van der Waals surface area (Å²) in [7, 11) is -3.63. The molecule has 0 aliphatic rings. The summed E-state index contributed by atoms with van der Waals surface area (Å²) >= 11 is 5.60. The molecule has 0 radical (unpaired) electrons. The van der Waals surface area contributed by atoms with Crippen LogP contribution in [0.2, 0.25) is 5.02 Å². The van der Waals surface area contributed by atoms with Gasteiger partial charge in [0.2, 0.25) is 10.0 Å². The fourth-order valence-corrected chi connectivity index (χ4v) is 2.53. The van der Waals surface area contributed by atoms with Crippen molar-refractivity contribution >= 4 is 21.6 Å². The third-order valence-electron chi connectivity index (χ3n) is 2.88. The van der Waals surface area contributed by atoms with Gasteiger partial charge in [0.25, 0.3) is 5.56 Å². The van der Waals surface area contributed by atoms with Crippen molar-refractivity contribution in [3.05, 3.63) is 27.6 Å². The van der Waals surface area contributed by atoms with Gasteiger partial charge in [-0.15, -0.1) is 0 Å². The highest BCUT2D eigenvalue weighted by Crippen LogP contribution is 2.12. The highest BCUT2D eigenvalue weighted by molar-refractivity contribution is 7.89. The predicted octanol–water partition coefficient (Wildman–Crippen LogP) is 1.60. The number of aromatic amines is 1. The van der Waals surface area contributed by atoms with Gasteiger partial charge < -0.3 is 4.98 Å². The first-order chi connectivity index (χ1) is 8.24. The molecular weight excluding hydrogens is 276 g/mol. The summed E-state index contributed by atoms with van der Waals surface area (Å²) in [5, 5.41) is -0.144. The lowest BCUT2D eigenvalue weighted by Gasteiger charge is -2.16. The minimum absolute atomic E-state index is 0.0388. The number of sulfonamides is 1. The van der Waals surface area contributed by atoms with Crippen LogP contribution in [0.3, 0.4) is 0 Å². The molecule has 1 heterocycles. The van der Waals surface area contributed by atoms with Crippen LogP contribution in [0.25, 0.3) is 0 Å². The lowest BCUT2D eigenvalue weighted by atomic mass is 9.99. The van der Waals surface area contributed by atoms with E-state index in [1.165, 1.54) is 0 Å². The number of halogens is 1. The molecule has 0 aliphatic carbocycles. The molecule has 0 aromatic carbocycles. The molecule has 1 atom stereocenters. The van der Waals surface area contributed by atoms with Crippen LogP contribution in [0.4, 0.5) is 0 Å². The lowest BCUT2D eigenvalue weighted by Crippen LogP contribution is -2.30. The van der Waals surface area contributed by atoms with Crippen LogP contribution in [0, 0.1) is 11.8 Å². The first kappa shape index (κ1) is 15.2. The van der Waals surface area contributed by atoms with Crippen LogP contribution in [-0.2, 0) is 10.0 Å².